The number of hydrazine groups is 1. The van der Waals surface area contributed by atoms with E-state index >= 15 is 0 Å². The quantitative estimate of drug-likeness (QED) is 0.666. The molecular formula is C15H14Cl2N2. The summed E-state index contributed by atoms with van der Waals surface area (Å²) in [6.45, 7) is 0. The fourth-order valence-electron chi connectivity index (χ4n) is 2.77. The highest BCUT2D eigenvalue weighted by atomic mass is 35.5. The highest BCUT2D eigenvalue weighted by molar-refractivity contribution is 6.33. The minimum atomic E-state index is -0.0129. The average molecular weight is 293 g/mol. The number of benzene rings is 2. The lowest BCUT2D eigenvalue weighted by Crippen LogP contribution is -2.37. The molecule has 0 spiro atoms. The second kappa shape index (κ2) is 5.14. The molecule has 0 aliphatic heterocycles. The molecule has 98 valence electrons. The van der Waals surface area contributed by atoms with Crippen LogP contribution in [-0.4, -0.2) is 0 Å². The molecule has 0 bridgehead atoms. The Labute approximate surface area is 122 Å². The molecule has 0 heterocycles. The second-order valence-corrected chi connectivity index (χ2v) is 5.66. The maximum atomic E-state index is 6.27. The van der Waals surface area contributed by atoms with E-state index in [1.165, 1.54) is 11.1 Å². The van der Waals surface area contributed by atoms with Crippen molar-refractivity contribution in [3.63, 3.8) is 0 Å². The van der Waals surface area contributed by atoms with Crippen LogP contribution in [0.15, 0.2) is 42.5 Å². The molecule has 0 radical (unpaired) electrons. The smallest absolute Gasteiger partial charge is 0.0547 e. The van der Waals surface area contributed by atoms with Crippen LogP contribution in [0.3, 0.4) is 0 Å². The molecule has 1 aliphatic carbocycles. The monoisotopic (exact) mass is 292 g/mol. The summed E-state index contributed by atoms with van der Waals surface area (Å²) in [5.41, 5.74) is 6.56. The van der Waals surface area contributed by atoms with Gasteiger partial charge >= 0.3 is 0 Å². The van der Waals surface area contributed by atoms with Crippen LogP contribution in [0.4, 0.5) is 0 Å². The molecule has 2 aromatic rings. The van der Waals surface area contributed by atoms with Gasteiger partial charge in [-0.05, 0) is 41.3 Å². The van der Waals surface area contributed by atoms with Gasteiger partial charge in [-0.1, -0.05) is 47.5 Å². The molecule has 2 unspecified atom stereocenters. The zero-order valence-corrected chi connectivity index (χ0v) is 11.7. The Bertz CT molecular complexity index is 613. The summed E-state index contributed by atoms with van der Waals surface area (Å²) in [6, 6.07) is 13.9. The first-order chi connectivity index (χ1) is 9.20. The highest BCUT2D eigenvalue weighted by Crippen LogP contribution is 2.44. The van der Waals surface area contributed by atoms with E-state index < -0.39 is 0 Å². The Morgan fingerprint density at radius 2 is 1.95 bits per heavy atom. The summed E-state index contributed by atoms with van der Waals surface area (Å²) in [4.78, 5) is 0. The normalized spacial score (nSPS) is 18.6. The number of halogens is 2. The average Bonchev–Trinajstić information content (AvgIpc) is 2.39. The first kappa shape index (κ1) is 12.9. The summed E-state index contributed by atoms with van der Waals surface area (Å²) in [7, 11) is 0. The number of nitrogens with two attached hydrogens (primary N) is 1. The number of hydrogen-bond donors (Lipinski definition) is 2. The third kappa shape index (κ3) is 2.26. The van der Waals surface area contributed by atoms with Gasteiger partial charge in [0.2, 0.25) is 0 Å². The second-order valence-electron chi connectivity index (χ2n) is 4.82. The van der Waals surface area contributed by atoms with Crippen LogP contribution >= 0.6 is 23.2 Å². The number of fused-ring (bicyclic) bond motifs is 1. The molecule has 4 heteroatoms. The minimum absolute atomic E-state index is 0.0129. The summed E-state index contributed by atoms with van der Waals surface area (Å²) in [5, 5.41) is 1.36. The maximum Gasteiger partial charge on any atom is 0.0547 e. The molecule has 2 atom stereocenters. The van der Waals surface area contributed by atoms with E-state index in [0.29, 0.717) is 16.0 Å². The zero-order chi connectivity index (χ0) is 13.4. The van der Waals surface area contributed by atoms with Crippen LogP contribution in [0.2, 0.25) is 10.0 Å². The standard InChI is InChI=1S/C15H14Cl2N2/c16-10-5-6-14(17)13(8-10)15(19-18)12-7-9-3-1-2-4-11(9)12/h1-6,8,12,15,19H,7,18H2. The molecule has 2 nitrogen and oxygen atoms in total. The van der Waals surface area contributed by atoms with E-state index in [9.17, 15) is 0 Å². The van der Waals surface area contributed by atoms with E-state index in [-0.39, 0.29) is 6.04 Å². The molecule has 0 amide bonds. The van der Waals surface area contributed by atoms with Crippen molar-refractivity contribution in [3.8, 4) is 0 Å². The van der Waals surface area contributed by atoms with E-state index in [0.717, 1.165) is 12.0 Å². The SMILES string of the molecule is NNC(c1cc(Cl)ccc1Cl)C1Cc2ccccc21. The number of hydrogen-bond acceptors (Lipinski definition) is 2. The maximum absolute atomic E-state index is 6.27. The number of nitrogens with one attached hydrogen (secondary N) is 1. The Kier molecular flexibility index (Phi) is 3.50. The van der Waals surface area contributed by atoms with Crippen molar-refractivity contribution in [3.05, 3.63) is 69.2 Å². The van der Waals surface area contributed by atoms with E-state index in [1.807, 2.05) is 12.1 Å². The topological polar surface area (TPSA) is 38.0 Å². The van der Waals surface area contributed by atoms with Gasteiger partial charge < -0.3 is 0 Å². The fraction of sp³-hybridized carbons (Fsp3) is 0.200. The van der Waals surface area contributed by atoms with Crippen molar-refractivity contribution in [1.82, 2.24) is 5.43 Å². The Balaban J connectivity index is 1.97. The first-order valence-corrected chi connectivity index (χ1v) is 6.95. The van der Waals surface area contributed by atoms with Crippen LogP contribution in [0, 0.1) is 0 Å². The minimum Gasteiger partial charge on any atom is -0.271 e. The van der Waals surface area contributed by atoms with Gasteiger partial charge in [-0.2, -0.15) is 0 Å². The van der Waals surface area contributed by atoms with Gasteiger partial charge in [0, 0.05) is 16.0 Å². The lowest BCUT2D eigenvalue weighted by molar-refractivity contribution is 0.419. The van der Waals surface area contributed by atoms with Crippen molar-refractivity contribution >= 4 is 23.2 Å². The third-order valence-electron chi connectivity index (χ3n) is 3.77. The molecule has 1 aliphatic rings. The molecule has 3 rings (SSSR count). The van der Waals surface area contributed by atoms with E-state index in [4.69, 9.17) is 29.0 Å². The van der Waals surface area contributed by atoms with Gasteiger partial charge in [0.05, 0.1) is 6.04 Å². The van der Waals surface area contributed by atoms with Gasteiger partial charge in [0.25, 0.3) is 0 Å². The van der Waals surface area contributed by atoms with Gasteiger partial charge in [-0.3, -0.25) is 11.3 Å². The van der Waals surface area contributed by atoms with Gasteiger partial charge in [0.1, 0.15) is 0 Å². The van der Waals surface area contributed by atoms with E-state index in [2.05, 4.69) is 29.7 Å². The Morgan fingerprint density at radius 3 is 2.68 bits per heavy atom. The molecule has 2 aromatic carbocycles. The van der Waals surface area contributed by atoms with Gasteiger partial charge in [0.15, 0.2) is 0 Å². The van der Waals surface area contributed by atoms with Crippen LogP contribution < -0.4 is 11.3 Å². The van der Waals surface area contributed by atoms with Crippen LogP contribution in [0.1, 0.15) is 28.7 Å². The first-order valence-electron chi connectivity index (χ1n) is 6.19. The predicted molar refractivity (Wildman–Crippen MR) is 79.4 cm³/mol. The lowest BCUT2D eigenvalue weighted by atomic mass is 9.72. The highest BCUT2D eigenvalue weighted by Gasteiger charge is 2.34. The molecular weight excluding hydrogens is 279 g/mol. The Morgan fingerprint density at radius 1 is 1.16 bits per heavy atom. The van der Waals surface area contributed by atoms with Crippen molar-refractivity contribution in [2.24, 2.45) is 5.84 Å². The van der Waals surface area contributed by atoms with Crippen LogP contribution in [-0.2, 0) is 6.42 Å². The van der Waals surface area contributed by atoms with Crippen LogP contribution in [0.5, 0.6) is 0 Å². The molecule has 0 fully saturated rings. The fourth-order valence-corrected chi connectivity index (χ4v) is 3.19. The van der Waals surface area contributed by atoms with Gasteiger partial charge in [-0.25, -0.2) is 0 Å². The largest absolute Gasteiger partial charge is 0.271 e. The molecule has 0 aromatic heterocycles. The summed E-state index contributed by atoms with van der Waals surface area (Å²) < 4.78 is 0. The van der Waals surface area contributed by atoms with Gasteiger partial charge in [-0.15, -0.1) is 0 Å². The zero-order valence-electron chi connectivity index (χ0n) is 10.2. The molecule has 0 saturated carbocycles. The summed E-state index contributed by atoms with van der Waals surface area (Å²) in [6.07, 6.45) is 1.01. The lowest BCUT2D eigenvalue weighted by Gasteiger charge is -2.36. The third-order valence-corrected chi connectivity index (χ3v) is 4.35. The van der Waals surface area contributed by atoms with Crippen molar-refractivity contribution < 1.29 is 0 Å². The predicted octanol–water partition coefficient (Wildman–Crippen LogP) is 3.84. The molecule has 0 saturated heterocycles. The number of rotatable bonds is 3. The summed E-state index contributed by atoms with van der Waals surface area (Å²) >= 11 is 12.3. The van der Waals surface area contributed by atoms with Crippen molar-refractivity contribution in [2.45, 2.75) is 18.4 Å². The molecule has 3 N–H and O–H groups in total. The Hall–Kier alpha value is -1.06. The molecule has 19 heavy (non-hydrogen) atoms. The van der Waals surface area contributed by atoms with Crippen molar-refractivity contribution in [1.29, 1.82) is 0 Å². The van der Waals surface area contributed by atoms with E-state index in [1.54, 1.807) is 6.07 Å². The summed E-state index contributed by atoms with van der Waals surface area (Å²) in [5.74, 6) is 6.08. The van der Waals surface area contributed by atoms with Crippen LogP contribution in [0.25, 0.3) is 0 Å². The van der Waals surface area contributed by atoms with Crippen molar-refractivity contribution in [2.75, 3.05) is 0 Å².